The summed E-state index contributed by atoms with van der Waals surface area (Å²) in [7, 11) is -3.42. The Labute approximate surface area is 141 Å². The van der Waals surface area contributed by atoms with Crippen LogP contribution in [0.5, 0.6) is 0 Å². The summed E-state index contributed by atoms with van der Waals surface area (Å²) in [6.45, 7) is 4.43. The third-order valence-electron chi connectivity index (χ3n) is 3.51. The molecule has 1 aliphatic heterocycles. The zero-order valence-electron chi connectivity index (χ0n) is 13.2. The molecule has 1 aromatic carbocycles. The van der Waals surface area contributed by atoms with Gasteiger partial charge in [0.05, 0.1) is 18.0 Å². The molecule has 1 amide bonds. The Morgan fingerprint density at radius 3 is 2.61 bits per heavy atom. The van der Waals surface area contributed by atoms with Crippen LogP contribution in [-0.4, -0.2) is 56.2 Å². The Morgan fingerprint density at radius 1 is 1.35 bits per heavy atom. The molecular formula is C15H21ClN2O4S. The normalized spacial score (nSPS) is 22.7. The van der Waals surface area contributed by atoms with Crippen molar-refractivity contribution in [3.63, 3.8) is 0 Å². The zero-order chi connectivity index (χ0) is 17.0. The summed E-state index contributed by atoms with van der Waals surface area (Å²) in [6.07, 6.45) is -0.260. The van der Waals surface area contributed by atoms with E-state index in [1.807, 2.05) is 13.8 Å². The Balaban J connectivity index is 1.88. The van der Waals surface area contributed by atoms with E-state index >= 15 is 0 Å². The van der Waals surface area contributed by atoms with E-state index in [4.69, 9.17) is 16.3 Å². The molecule has 0 aromatic heterocycles. The van der Waals surface area contributed by atoms with E-state index in [2.05, 4.69) is 5.32 Å². The second kappa shape index (κ2) is 7.61. The van der Waals surface area contributed by atoms with Gasteiger partial charge in [0.25, 0.3) is 5.91 Å². The molecule has 0 saturated carbocycles. The second-order valence-electron chi connectivity index (χ2n) is 5.66. The average Bonchev–Trinajstić information content (AvgIpc) is 2.46. The number of hydrogen-bond acceptors (Lipinski definition) is 4. The van der Waals surface area contributed by atoms with Gasteiger partial charge < -0.3 is 10.1 Å². The lowest BCUT2D eigenvalue weighted by Crippen LogP contribution is -2.49. The highest BCUT2D eigenvalue weighted by Gasteiger charge is 2.30. The molecule has 128 valence electrons. The van der Waals surface area contributed by atoms with E-state index < -0.39 is 10.0 Å². The van der Waals surface area contributed by atoms with Crippen LogP contribution in [0.1, 0.15) is 24.2 Å². The third-order valence-corrected chi connectivity index (χ3v) is 5.55. The van der Waals surface area contributed by atoms with E-state index in [0.717, 1.165) is 0 Å². The van der Waals surface area contributed by atoms with Crippen LogP contribution >= 0.6 is 11.6 Å². The number of nitrogens with zero attached hydrogens (tertiary/aromatic N) is 1. The van der Waals surface area contributed by atoms with Crippen molar-refractivity contribution in [3.8, 4) is 0 Å². The molecule has 2 rings (SSSR count). The summed E-state index contributed by atoms with van der Waals surface area (Å²) < 4.78 is 31.7. The van der Waals surface area contributed by atoms with E-state index in [0.29, 0.717) is 23.7 Å². The van der Waals surface area contributed by atoms with Crippen LogP contribution in [0.15, 0.2) is 24.3 Å². The minimum Gasteiger partial charge on any atom is -0.373 e. The van der Waals surface area contributed by atoms with Gasteiger partial charge in [-0.3, -0.25) is 4.79 Å². The summed E-state index contributed by atoms with van der Waals surface area (Å²) in [5, 5.41) is 3.07. The van der Waals surface area contributed by atoms with E-state index in [-0.39, 0.29) is 30.4 Å². The monoisotopic (exact) mass is 360 g/mol. The van der Waals surface area contributed by atoms with Crippen LogP contribution in [0.2, 0.25) is 5.02 Å². The van der Waals surface area contributed by atoms with Crippen LogP contribution in [-0.2, 0) is 14.8 Å². The third kappa shape index (κ3) is 5.17. The fourth-order valence-corrected chi connectivity index (χ4v) is 4.19. The highest BCUT2D eigenvalue weighted by molar-refractivity contribution is 7.89. The van der Waals surface area contributed by atoms with Crippen molar-refractivity contribution in [1.82, 2.24) is 9.62 Å². The SMILES string of the molecule is CC1CN(S(=O)(=O)CCNC(=O)c2cccc(Cl)c2)CC(C)O1. The number of ether oxygens (including phenoxy) is 1. The Kier molecular flexibility index (Phi) is 6.02. The summed E-state index contributed by atoms with van der Waals surface area (Å²) >= 11 is 5.83. The van der Waals surface area contributed by atoms with Crippen molar-refractivity contribution >= 4 is 27.5 Å². The molecular weight excluding hydrogens is 340 g/mol. The van der Waals surface area contributed by atoms with Gasteiger partial charge in [-0.05, 0) is 32.0 Å². The van der Waals surface area contributed by atoms with Gasteiger partial charge in [0.15, 0.2) is 0 Å². The standard InChI is InChI=1S/C15H21ClN2O4S/c1-11-9-18(10-12(2)22-11)23(20,21)7-6-17-15(19)13-4-3-5-14(16)8-13/h3-5,8,11-12H,6-7,9-10H2,1-2H3,(H,17,19). The first kappa shape index (κ1) is 18.2. The van der Waals surface area contributed by atoms with Crippen molar-refractivity contribution in [3.05, 3.63) is 34.9 Å². The maximum Gasteiger partial charge on any atom is 0.251 e. The van der Waals surface area contributed by atoms with Crippen LogP contribution < -0.4 is 5.32 Å². The minimum atomic E-state index is -3.42. The van der Waals surface area contributed by atoms with Crippen molar-refractivity contribution < 1.29 is 17.9 Å². The maximum atomic E-state index is 12.3. The number of rotatable bonds is 5. The van der Waals surface area contributed by atoms with Gasteiger partial charge in [0, 0.05) is 30.2 Å². The lowest BCUT2D eigenvalue weighted by Gasteiger charge is -2.34. The number of hydrogen-bond donors (Lipinski definition) is 1. The molecule has 0 spiro atoms. The number of morpholine rings is 1. The van der Waals surface area contributed by atoms with E-state index in [1.54, 1.807) is 18.2 Å². The van der Waals surface area contributed by atoms with Gasteiger partial charge in [-0.25, -0.2) is 8.42 Å². The molecule has 1 fully saturated rings. The van der Waals surface area contributed by atoms with Gasteiger partial charge in [-0.15, -0.1) is 0 Å². The van der Waals surface area contributed by atoms with Crippen LogP contribution in [0.4, 0.5) is 0 Å². The molecule has 6 nitrogen and oxygen atoms in total. The molecule has 1 saturated heterocycles. The lowest BCUT2D eigenvalue weighted by molar-refractivity contribution is -0.0440. The Morgan fingerprint density at radius 2 is 2.00 bits per heavy atom. The van der Waals surface area contributed by atoms with E-state index in [9.17, 15) is 13.2 Å². The number of sulfonamides is 1. The van der Waals surface area contributed by atoms with Crippen molar-refractivity contribution in [2.45, 2.75) is 26.1 Å². The van der Waals surface area contributed by atoms with Gasteiger partial charge >= 0.3 is 0 Å². The largest absolute Gasteiger partial charge is 0.373 e. The topological polar surface area (TPSA) is 75.7 Å². The summed E-state index contributed by atoms with van der Waals surface area (Å²) in [5.74, 6) is -0.481. The molecule has 1 aliphatic rings. The van der Waals surface area contributed by atoms with Gasteiger partial charge in [-0.2, -0.15) is 4.31 Å². The average molecular weight is 361 g/mol. The number of benzene rings is 1. The first-order chi connectivity index (χ1) is 10.8. The number of carbonyl (C=O) groups is 1. The molecule has 23 heavy (non-hydrogen) atoms. The Hall–Kier alpha value is -1.15. The molecule has 2 atom stereocenters. The van der Waals surface area contributed by atoms with Crippen molar-refractivity contribution in [2.24, 2.45) is 0 Å². The highest BCUT2D eigenvalue weighted by Crippen LogP contribution is 2.15. The molecule has 1 aromatic rings. The summed E-state index contributed by atoms with van der Waals surface area (Å²) in [6, 6.07) is 6.51. The van der Waals surface area contributed by atoms with Crippen LogP contribution in [0.25, 0.3) is 0 Å². The lowest BCUT2D eigenvalue weighted by atomic mass is 10.2. The molecule has 0 aliphatic carbocycles. The molecule has 1 heterocycles. The van der Waals surface area contributed by atoms with Crippen molar-refractivity contribution in [1.29, 1.82) is 0 Å². The smallest absolute Gasteiger partial charge is 0.251 e. The highest BCUT2D eigenvalue weighted by atomic mass is 35.5. The Bertz CT molecular complexity index is 655. The first-order valence-corrected chi connectivity index (χ1v) is 9.43. The molecule has 0 radical (unpaired) electrons. The molecule has 8 heteroatoms. The van der Waals surface area contributed by atoms with Gasteiger partial charge in [0.2, 0.25) is 10.0 Å². The number of halogens is 1. The minimum absolute atomic E-state index is 0.0494. The fraction of sp³-hybridized carbons (Fsp3) is 0.533. The number of nitrogens with one attached hydrogen (secondary N) is 1. The maximum absolute atomic E-state index is 12.3. The van der Waals surface area contributed by atoms with Gasteiger partial charge in [-0.1, -0.05) is 17.7 Å². The summed E-state index contributed by atoms with van der Waals surface area (Å²) in [4.78, 5) is 12.0. The fourth-order valence-electron chi connectivity index (χ4n) is 2.51. The van der Waals surface area contributed by atoms with Crippen LogP contribution in [0.3, 0.4) is 0 Å². The van der Waals surface area contributed by atoms with Gasteiger partial charge in [0.1, 0.15) is 0 Å². The molecule has 0 bridgehead atoms. The van der Waals surface area contributed by atoms with Crippen molar-refractivity contribution in [2.75, 3.05) is 25.4 Å². The second-order valence-corrected chi connectivity index (χ2v) is 8.18. The zero-order valence-corrected chi connectivity index (χ0v) is 14.7. The number of carbonyl (C=O) groups excluding carboxylic acids is 1. The molecule has 2 unspecified atom stereocenters. The van der Waals surface area contributed by atoms with Crippen LogP contribution in [0, 0.1) is 0 Å². The number of amides is 1. The molecule has 1 N–H and O–H groups in total. The quantitative estimate of drug-likeness (QED) is 0.863. The first-order valence-electron chi connectivity index (χ1n) is 7.45. The summed E-state index contributed by atoms with van der Waals surface area (Å²) in [5.41, 5.74) is 0.406. The predicted molar refractivity (Wildman–Crippen MR) is 89.2 cm³/mol. The van der Waals surface area contributed by atoms with E-state index in [1.165, 1.54) is 10.4 Å². The predicted octanol–water partition coefficient (Wildman–Crippen LogP) is 1.51.